The van der Waals surface area contributed by atoms with Gasteiger partial charge in [-0.15, -0.1) is 0 Å². The molecule has 8 nitrogen and oxygen atoms in total. The van der Waals surface area contributed by atoms with Gasteiger partial charge in [-0.2, -0.15) is 0 Å². The summed E-state index contributed by atoms with van der Waals surface area (Å²) in [6, 6.07) is 5.27. The van der Waals surface area contributed by atoms with Crippen molar-refractivity contribution in [2.45, 2.75) is 44.8 Å². The third kappa shape index (κ3) is 4.09. The van der Waals surface area contributed by atoms with Crippen molar-refractivity contribution in [1.29, 1.82) is 0 Å². The number of rotatable bonds is 4. The molecular formula is C21H28N4O4S. The molecule has 30 heavy (non-hydrogen) atoms. The smallest absolute Gasteiger partial charge is 0.253 e. The average molecular weight is 433 g/mol. The van der Waals surface area contributed by atoms with Gasteiger partial charge in [-0.3, -0.25) is 9.10 Å². The molecule has 0 radical (unpaired) electrons. The molecule has 1 saturated heterocycles. The van der Waals surface area contributed by atoms with Crippen LogP contribution in [0, 0.1) is 6.92 Å². The largest absolute Gasteiger partial charge is 0.388 e. The van der Waals surface area contributed by atoms with Crippen molar-refractivity contribution in [1.82, 2.24) is 14.5 Å². The number of amides is 1. The van der Waals surface area contributed by atoms with E-state index in [9.17, 15) is 18.3 Å². The van der Waals surface area contributed by atoms with Crippen LogP contribution in [0.4, 0.5) is 5.69 Å². The number of anilines is 1. The highest BCUT2D eigenvalue weighted by Crippen LogP contribution is 2.31. The first kappa shape index (κ1) is 20.9. The predicted octanol–water partition coefficient (Wildman–Crippen LogP) is 1.57. The molecule has 1 aromatic heterocycles. The molecule has 2 aliphatic heterocycles. The zero-order chi connectivity index (χ0) is 21.5. The summed E-state index contributed by atoms with van der Waals surface area (Å²) in [5, 5.41) is 11.0. The summed E-state index contributed by atoms with van der Waals surface area (Å²) in [5.74, 6) is 0.786. The zero-order valence-electron chi connectivity index (χ0n) is 17.4. The van der Waals surface area contributed by atoms with E-state index in [0.717, 1.165) is 24.2 Å². The summed E-state index contributed by atoms with van der Waals surface area (Å²) >= 11 is 0. The van der Waals surface area contributed by atoms with Crippen LogP contribution >= 0.6 is 0 Å². The Morgan fingerprint density at radius 1 is 1.23 bits per heavy atom. The predicted molar refractivity (Wildman–Crippen MR) is 114 cm³/mol. The van der Waals surface area contributed by atoms with Gasteiger partial charge in [0.1, 0.15) is 5.82 Å². The topological polar surface area (TPSA) is 95.7 Å². The van der Waals surface area contributed by atoms with Crippen LogP contribution in [0.3, 0.4) is 0 Å². The molecule has 1 aromatic carbocycles. The molecule has 0 atom stereocenters. The lowest BCUT2D eigenvalue weighted by molar-refractivity contribution is -0.0295. The summed E-state index contributed by atoms with van der Waals surface area (Å²) in [6.45, 7) is 3.82. The van der Waals surface area contributed by atoms with Gasteiger partial charge in [0.15, 0.2) is 0 Å². The Hall–Kier alpha value is -2.39. The second-order valence-corrected chi connectivity index (χ2v) is 10.3. The molecule has 0 saturated carbocycles. The first-order chi connectivity index (χ1) is 14.2. The second-order valence-electron chi connectivity index (χ2n) is 8.40. The normalized spacial score (nSPS) is 18.9. The van der Waals surface area contributed by atoms with Gasteiger partial charge in [0.2, 0.25) is 10.0 Å². The highest BCUT2D eigenvalue weighted by atomic mass is 32.2. The van der Waals surface area contributed by atoms with Crippen molar-refractivity contribution in [3.8, 4) is 0 Å². The minimum atomic E-state index is -3.33. The van der Waals surface area contributed by atoms with Gasteiger partial charge in [0, 0.05) is 37.6 Å². The van der Waals surface area contributed by atoms with Crippen LogP contribution in [-0.2, 0) is 23.0 Å². The maximum absolute atomic E-state index is 13.0. The van der Waals surface area contributed by atoms with E-state index in [2.05, 4.69) is 4.98 Å². The number of hydrogen-bond acceptors (Lipinski definition) is 5. The van der Waals surface area contributed by atoms with Crippen molar-refractivity contribution < 1.29 is 18.3 Å². The SMILES string of the molecule is Cc1nccn1CC1(O)CCN(C(=O)c2ccc3c(c2)CCCN3S(C)(=O)=O)CC1. The van der Waals surface area contributed by atoms with E-state index in [0.29, 0.717) is 50.3 Å². The van der Waals surface area contributed by atoms with Gasteiger partial charge in [-0.05, 0) is 56.4 Å². The number of imidazole rings is 1. The number of aliphatic hydroxyl groups is 1. The third-order valence-electron chi connectivity index (χ3n) is 6.17. The second kappa shape index (κ2) is 7.70. The number of benzene rings is 1. The quantitative estimate of drug-likeness (QED) is 0.791. The van der Waals surface area contributed by atoms with E-state index >= 15 is 0 Å². The highest BCUT2D eigenvalue weighted by molar-refractivity contribution is 7.92. The molecule has 0 unspecified atom stereocenters. The van der Waals surface area contributed by atoms with Gasteiger partial charge in [-0.1, -0.05) is 0 Å². The van der Waals surface area contributed by atoms with Crippen molar-refractivity contribution in [2.24, 2.45) is 0 Å². The molecule has 2 aromatic rings. The van der Waals surface area contributed by atoms with Gasteiger partial charge in [0.05, 0.1) is 24.1 Å². The minimum absolute atomic E-state index is 0.0739. The van der Waals surface area contributed by atoms with E-state index in [1.807, 2.05) is 23.8 Å². The Morgan fingerprint density at radius 2 is 1.97 bits per heavy atom. The summed E-state index contributed by atoms with van der Waals surface area (Å²) in [4.78, 5) is 19.0. The van der Waals surface area contributed by atoms with E-state index in [-0.39, 0.29) is 5.91 Å². The maximum Gasteiger partial charge on any atom is 0.253 e. The lowest BCUT2D eigenvalue weighted by atomic mass is 9.90. The summed E-state index contributed by atoms with van der Waals surface area (Å²) < 4.78 is 27.4. The van der Waals surface area contributed by atoms with E-state index < -0.39 is 15.6 Å². The molecule has 0 spiro atoms. The van der Waals surface area contributed by atoms with Gasteiger partial charge >= 0.3 is 0 Å². The summed E-state index contributed by atoms with van der Waals surface area (Å²) in [7, 11) is -3.33. The van der Waals surface area contributed by atoms with Crippen LogP contribution in [0.2, 0.25) is 0 Å². The number of hydrogen-bond donors (Lipinski definition) is 1. The summed E-state index contributed by atoms with van der Waals surface area (Å²) in [5.41, 5.74) is 1.28. The highest BCUT2D eigenvalue weighted by Gasteiger charge is 2.35. The van der Waals surface area contributed by atoms with Crippen LogP contribution in [0.5, 0.6) is 0 Å². The lowest BCUT2D eigenvalue weighted by Crippen LogP contribution is -2.48. The number of sulfonamides is 1. The van der Waals surface area contributed by atoms with Gasteiger partial charge in [0.25, 0.3) is 5.91 Å². The number of piperidine rings is 1. The number of fused-ring (bicyclic) bond motifs is 1. The third-order valence-corrected chi connectivity index (χ3v) is 7.35. The Morgan fingerprint density at radius 3 is 2.60 bits per heavy atom. The monoisotopic (exact) mass is 432 g/mol. The first-order valence-corrected chi connectivity index (χ1v) is 12.1. The standard InChI is InChI=1S/C21H28N4O4S/c1-16-22-9-13-24(16)15-21(27)7-11-23(12-8-21)20(26)18-5-6-19-17(14-18)4-3-10-25(19)30(2,28)29/h5-6,9,13-14,27H,3-4,7-8,10-12,15H2,1-2H3. The number of carbonyl (C=O) groups excluding carboxylic acids is 1. The van der Waals surface area contributed by atoms with Crippen LogP contribution in [-0.4, -0.2) is 65.4 Å². The fourth-order valence-corrected chi connectivity index (χ4v) is 5.39. The van der Waals surface area contributed by atoms with Gasteiger partial charge in [-0.25, -0.2) is 13.4 Å². The fourth-order valence-electron chi connectivity index (χ4n) is 4.39. The first-order valence-electron chi connectivity index (χ1n) is 10.3. The number of carbonyl (C=O) groups is 1. The number of aromatic nitrogens is 2. The van der Waals surface area contributed by atoms with Crippen LogP contribution < -0.4 is 4.31 Å². The Bertz CT molecular complexity index is 1050. The van der Waals surface area contributed by atoms with Crippen molar-refractivity contribution >= 4 is 21.6 Å². The molecule has 4 rings (SSSR count). The average Bonchev–Trinajstić information content (AvgIpc) is 3.10. The fraction of sp³-hybridized carbons (Fsp3) is 0.524. The van der Waals surface area contributed by atoms with E-state index in [1.54, 1.807) is 23.2 Å². The van der Waals surface area contributed by atoms with Crippen molar-refractivity contribution in [3.05, 3.63) is 47.5 Å². The molecule has 162 valence electrons. The molecule has 3 heterocycles. The van der Waals surface area contributed by atoms with Crippen molar-refractivity contribution in [2.75, 3.05) is 30.2 Å². The molecule has 9 heteroatoms. The molecule has 2 aliphatic rings. The summed E-state index contributed by atoms with van der Waals surface area (Å²) in [6.07, 6.45) is 7.29. The van der Waals surface area contributed by atoms with Crippen LogP contribution in [0.15, 0.2) is 30.6 Å². The molecule has 1 amide bonds. The van der Waals surface area contributed by atoms with Crippen molar-refractivity contribution in [3.63, 3.8) is 0 Å². The van der Waals surface area contributed by atoms with Crippen LogP contribution in [0.1, 0.15) is 41.0 Å². The molecule has 1 N–H and O–H groups in total. The Kier molecular flexibility index (Phi) is 5.36. The zero-order valence-corrected chi connectivity index (χ0v) is 18.2. The number of aryl methyl sites for hydroxylation is 2. The minimum Gasteiger partial charge on any atom is -0.388 e. The Balaban J connectivity index is 1.45. The Labute approximate surface area is 177 Å². The van der Waals surface area contributed by atoms with E-state index in [1.165, 1.54) is 10.6 Å². The molecular weight excluding hydrogens is 404 g/mol. The lowest BCUT2D eigenvalue weighted by Gasteiger charge is -2.38. The molecule has 0 aliphatic carbocycles. The number of likely N-dealkylation sites (tertiary alicyclic amines) is 1. The maximum atomic E-state index is 13.0. The van der Waals surface area contributed by atoms with E-state index in [4.69, 9.17) is 0 Å². The van der Waals surface area contributed by atoms with Gasteiger partial charge < -0.3 is 14.6 Å². The molecule has 1 fully saturated rings. The molecule has 0 bridgehead atoms. The van der Waals surface area contributed by atoms with Crippen LogP contribution in [0.25, 0.3) is 0 Å². The number of nitrogens with zero attached hydrogens (tertiary/aromatic N) is 4.